The van der Waals surface area contributed by atoms with E-state index in [1.165, 1.54) is 4.90 Å². The van der Waals surface area contributed by atoms with E-state index in [4.69, 9.17) is 0 Å². The fraction of sp³-hybridized carbons (Fsp3) is 0.750. The second kappa shape index (κ2) is 9.57. The average Bonchev–Trinajstić information content (AvgIpc) is 2.81. The van der Waals surface area contributed by atoms with Crippen molar-refractivity contribution in [2.45, 2.75) is 46.0 Å². The number of hydrogen-bond acceptors (Lipinski definition) is 4. The quantitative estimate of drug-likeness (QED) is 0.769. The summed E-state index contributed by atoms with van der Waals surface area (Å²) in [4.78, 5) is 13.8. The summed E-state index contributed by atoms with van der Waals surface area (Å²) in [5.74, 6) is -0.498. The van der Waals surface area contributed by atoms with Crippen LogP contribution in [0.2, 0.25) is 0 Å². The van der Waals surface area contributed by atoms with Crippen LogP contribution in [0.5, 0.6) is 0 Å². The van der Waals surface area contributed by atoms with Gasteiger partial charge in [-0.15, -0.1) is 12.4 Å². The van der Waals surface area contributed by atoms with E-state index in [0.717, 1.165) is 6.42 Å². The molecular weight excluding hydrogens is 371 g/mol. The Morgan fingerprint density at radius 2 is 1.92 bits per heavy atom. The average molecular weight is 398 g/mol. The first kappa shape index (κ1) is 22.7. The molecule has 6 nitrogen and oxygen atoms in total. The van der Waals surface area contributed by atoms with Gasteiger partial charge < -0.3 is 10.6 Å². The minimum atomic E-state index is -4.39. The van der Waals surface area contributed by atoms with Gasteiger partial charge in [0.15, 0.2) is 0 Å². The first-order valence-electron chi connectivity index (χ1n) is 8.59. The lowest BCUT2D eigenvalue weighted by Gasteiger charge is -2.35. The zero-order chi connectivity index (χ0) is 18.6. The molecule has 2 heterocycles. The largest absolute Gasteiger partial charge is 0.405 e. The molecule has 0 aliphatic carbocycles. The van der Waals surface area contributed by atoms with Crippen molar-refractivity contribution in [3.05, 3.63) is 17.0 Å². The van der Waals surface area contributed by atoms with Crippen molar-refractivity contribution in [1.82, 2.24) is 25.3 Å². The Labute approximate surface area is 157 Å². The Morgan fingerprint density at radius 1 is 1.31 bits per heavy atom. The number of aromatic nitrogens is 2. The second-order valence-corrected chi connectivity index (χ2v) is 6.32. The number of alkyl halides is 3. The van der Waals surface area contributed by atoms with Crippen molar-refractivity contribution in [2.24, 2.45) is 0 Å². The van der Waals surface area contributed by atoms with E-state index < -0.39 is 24.7 Å². The third kappa shape index (κ3) is 5.34. The number of amides is 1. The summed E-state index contributed by atoms with van der Waals surface area (Å²) in [6.07, 6.45) is -3.52. The third-order valence-electron chi connectivity index (χ3n) is 4.47. The molecule has 1 aliphatic rings. The molecule has 2 N–H and O–H groups in total. The molecule has 0 spiro atoms. The van der Waals surface area contributed by atoms with Crippen molar-refractivity contribution < 1.29 is 18.0 Å². The number of nitrogens with one attached hydrogen (secondary N) is 2. The van der Waals surface area contributed by atoms with Gasteiger partial charge in [-0.1, -0.05) is 6.92 Å². The van der Waals surface area contributed by atoms with Crippen LogP contribution in [-0.4, -0.2) is 65.5 Å². The molecule has 1 aromatic heterocycles. The lowest BCUT2D eigenvalue weighted by Crippen LogP contribution is -2.57. The van der Waals surface area contributed by atoms with Crippen LogP contribution >= 0.6 is 12.4 Å². The van der Waals surface area contributed by atoms with E-state index in [2.05, 4.69) is 15.7 Å². The summed E-state index contributed by atoms with van der Waals surface area (Å²) in [6, 6.07) is -1.68. The highest BCUT2D eigenvalue weighted by Gasteiger charge is 2.44. The fourth-order valence-electron chi connectivity index (χ4n) is 3.18. The maximum absolute atomic E-state index is 13.4. The van der Waals surface area contributed by atoms with Crippen LogP contribution in [0.1, 0.15) is 35.1 Å². The first-order valence-corrected chi connectivity index (χ1v) is 8.59. The Kier molecular flexibility index (Phi) is 8.36. The number of piperazine rings is 1. The van der Waals surface area contributed by atoms with E-state index in [9.17, 15) is 18.0 Å². The zero-order valence-electron chi connectivity index (χ0n) is 15.3. The van der Waals surface area contributed by atoms with Crippen LogP contribution in [0.3, 0.4) is 0 Å². The van der Waals surface area contributed by atoms with E-state index in [-0.39, 0.29) is 12.4 Å². The molecular formula is C16H27ClF3N5O. The van der Waals surface area contributed by atoms with Gasteiger partial charge in [-0.2, -0.15) is 18.3 Å². The molecule has 0 radical (unpaired) electrons. The van der Waals surface area contributed by atoms with Gasteiger partial charge in [0.2, 0.25) is 0 Å². The molecule has 0 bridgehead atoms. The van der Waals surface area contributed by atoms with Crippen LogP contribution in [0.25, 0.3) is 0 Å². The topological polar surface area (TPSA) is 62.2 Å². The van der Waals surface area contributed by atoms with E-state index in [0.29, 0.717) is 49.7 Å². The Balaban J connectivity index is 0.00000338. The summed E-state index contributed by atoms with van der Waals surface area (Å²) in [5, 5.41) is 9.80. The van der Waals surface area contributed by atoms with Gasteiger partial charge in [-0.25, -0.2) is 0 Å². The standard InChI is InChI=1S/C16H26F3N5O.ClH/c1-4-7-24-12(3)14(11(2)22-24)15(25)21-10-13(16(17,18)19)23-8-5-20-6-9-23;/h13,20H,4-10H2,1-3H3,(H,21,25);1H. The number of rotatable bonds is 6. The normalized spacial score (nSPS) is 16.8. The SMILES string of the molecule is CCCn1nc(C)c(C(=O)NCC(N2CCNCC2)C(F)(F)F)c1C.Cl. The van der Waals surface area contributed by atoms with Crippen LogP contribution in [0.15, 0.2) is 0 Å². The number of aryl methyl sites for hydroxylation is 2. The van der Waals surface area contributed by atoms with Gasteiger partial charge in [0.1, 0.15) is 6.04 Å². The fourth-order valence-corrected chi connectivity index (χ4v) is 3.18. The molecule has 1 unspecified atom stereocenters. The summed E-state index contributed by atoms with van der Waals surface area (Å²) in [7, 11) is 0. The van der Waals surface area contributed by atoms with Crippen molar-refractivity contribution in [3.8, 4) is 0 Å². The first-order chi connectivity index (χ1) is 11.8. The van der Waals surface area contributed by atoms with Crippen LogP contribution in [0.4, 0.5) is 13.2 Å². The number of carbonyl (C=O) groups is 1. The van der Waals surface area contributed by atoms with Crippen molar-refractivity contribution in [1.29, 1.82) is 0 Å². The van der Waals surface area contributed by atoms with Gasteiger partial charge in [0.25, 0.3) is 5.91 Å². The molecule has 1 fully saturated rings. The summed E-state index contributed by atoms with van der Waals surface area (Å²) >= 11 is 0. The van der Waals surface area contributed by atoms with Crippen molar-refractivity contribution in [2.75, 3.05) is 32.7 Å². The van der Waals surface area contributed by atoms with E-state index in [1.807, 2.05) is 6.92 Å². The maximum atomic E-state index is 13.4. The minimum Gasteiger partial charge on any atom is -0.350 e. The van der Waals surface area contributed by atoms with Crippen LogP contribution in [-0.2, 0) is 6.54 Å². The lowest BCUT2D eigenvalue weighted by atomic mass is 10.1. The molecule has 1 saturated heterocycles. The zero-order valence-corrected chi connectivity index (χ0v) is 16.1. The van der Waals surface area contributed by atoms with E-state index in [1.54, 1.807) is 18.5 Å². The van der Waals surface area contributed by atoms with Gasteiger partial charge in [0.05, 0.1) is 11.3 Å². The number of nitrogens with zero attached hydrogens (tertiary/aromatic N) is 3. The monoisotopic (exact) mass is 397 g/mol. The Bertz CT molecular complexity index is 599. The number of halogens is 4. The minimum absolute atomic E-state index is 0. The predicted molar refractivity (Wildman–Crippen MR) is 95.9 cm³/mol. The molecule has 1 amide bonds. The van der Waals surface area contributed by atoms with Crippen LogP contribution < -0.4 is 10.6 Å². The summed E-state index contributed by atoms with van der Waals surface area (Å²) in [5.41, 5.74) is 1.59. The molecule has 150 valence electrons. The van der Waals surface area contributed by atoms with Gasteiger partial charge >= 0.3 is 6.18 Å². The van der Waals surface area contributed by atoms with Gasteiger partial charge in [0, 0.05) is 45.0 Å². The van der Waals surface area contributed by atoms with Crippen LogP contribution in [0, 0.1) is 13.8 Å². The van der Waals surface area contributed by atoms with Gasteiger partial charge in [-0.05, 0) is 20.3 Å². The summed E-state index contributed by atoms with van der Waals surface area (Å²) < 4.78 is 41.9. The van der Waals surface area contributed by atoms with Gasteiger partial charge in [-0.3, -0.25) is 14.4 Å². The molecule has 26 heavy (non-hydrogen) atoms. The molecule has 2 rings (SSSR count). The van der Waals surface area contributed by atoms with E-state index >= 15 is 0 Å². The molecule has 10 heteroatoms. The van der Waals surface area contributed by atoms with Crippen molar-refractivity contribution in [3.63, 3.8) is 0 Å². The lowest BCUT2D eigenvalue weighted by molar-refractivity contribution is -0.183. The second-order valence-electron chi connectivity index (χ2n) is 6.32. The molecule has 1 atom stereocenters. The molecule has 1 aromatic rings. The highest BCUT2D eigenvalue weighted by Crippen LogP contribution is 2.25. The smallest absolute Gasteiger partial charge is 0.350 e. The Morgan fingerprint density at radius 3 is 2.46 bits per heavy atom. The Hall–Kier alpha value is -1.32. The molecule has 1 aliphatic heterocycles. The van der Waals surface area contributed by atoms with Crippen molar-refractivity contribution >= 4 is 18.3 Å². The highest BCUT2D eigenvalue weighted by atomic mass is 35.5. The summed E-state index contributed by atoms with van der Waals surface area (Å²) in [6.45, 7) is 7.33. The number of hydrogen-bond donors (Lipinski definition) is 2. The predicted octanol–water partition coefficient (Wildman–Crippen LogP) is 1.90. The number of carbonyl (C=O) groups excluding carboxylic acids is 1. The molecule has 0 aromatic carbocycles. The maximum Gasteiger partial charge on any atom is 0.405 e. The molecule has 0 saturated carbocycles. The third-order valence-corrected chi connectivity index (χ3v) is 4.47. The highest BCUT2D eigenvalue weighted by molar-refractivity contribution is 5.96.